The zero-order valence-electron chi connectivity index (χ0n) is 11.7. The van der Waals surface area contributed by atoms with E-state index in [2.05, 4.69) is 5.92 Å². The second-order valence-electron chi connectivity index (χ2n) is 5.20. The van der Waals surface area contributed by atoms with E-state index in [0.717, 1.165) is 0 Å². The molecule has 1 aromatic rings. The van der Waals surface area contributed by atoms with Gasteiger partial charge in [-0.05, 0) is 30.2 Å². The molecule has 0 radical (unpaired) electrons. The predicted molar refractivity (Wildman–Crippen MR) is 83.2 cm³/mol. The van der Waals surface area contributed by atoms with Crippen LogP contribution in [0.15, 0.2) is 42.0 Å². The average Bonchev–Trinajstić information content (AvgIpc) is 2.46. The van der Waals surface area contributed by atoms with Gasteiger partial charge in [0.15, 0.2) is 0 Å². The van der Waals surface area contributed by atoms with Crippen molar-refractivity contribution in [2.75, 3.05) is 0 Å². The van der Waals surface area contributed by atoms with Crippen LogP contribution in [0.1, 0.15) is 12.5 Å². The fourth-order valence-corrected chi connectivity index (χ4v) is 2.63. The number of allylic oxidation sites excluding steroid dienone is 1. The Kier molecular flexibility index (Phi) is 4.11. The quantitative estimate of drug-likeness (QED) is 0.840. The number of rotatable bonds is 3. The molecule has 1 aliphatic rings. The summed E-state index contributed by atoms with van der Waals surface area (Å²) in [4.78, 5) is 22.9. The van der Waals surface area contributed by atoms with Gasteiger partial charge in [0.05, 0.1) is 16.9 Å². The monoisotopic (exact) mass is 316 g/mol. The van der Waals surface area contributed by atoms with Crippen molar-refractivity contribution >= 4 is 29.1 Å². The minimum Gasteiger partial charge on any atom is -0.481 e. The minimum absolute atomic E-state index is 0.0950. The molecule has 0 aliphatic heterocycles. The summed E-state index contributed by atoms with van der Waals surface area (Å²) in [5, 5.41) is 19.2. The number of benzene rings is 1. The third kappa shape index (κ3) is 2.76. The summed E-state index contributed by atoms with van der Waals surface area (Å²) in [7, 11) is 0. The molecule has 0 saturated heterocycles. The van der Waals surface area contributed by atoms with Crippen LogP contribution in [0, 0.1) is 23.7 Å². The zero-order chi connectivity index (χ0) is 16.5. The summed E-state index contributed by atoms with van der Waals surface area (Å²) in [6.07, 6.45) is 8.21. The lowest BCUT2D eigenvalue weighted by Crippen LogP contribution is -2.33. The lowest BCUT2D eigenvalue weighted by atomic mass is 9.70. The summed E-state index contributed by atoms with van der Waals surface area (Å²) in [6, 6.07) is 6.67. The first-order chi connectivity index (χ1) is 10.3. The van der Waals surface area contributed by atoms with Crippen molar-refractivity contribution in [1.82, 2.24) is 0 Å². The Balaban J connectivity index is 2.68. The van der Waals surface area contributed by atoms with Gasteiger partial charge >= 0.3 is 11.9 Å². The summed E-state index contributed by atoms with van der Waals surface area (Å²) >= 11 is 5.95. The number of terminal acetylenes is 1. The highest BCUT2D eigenvalue weighted by molar-refractivity contribution is 6.30. The maximum atomic E-state index is 11.5. The Morgan fingerprint density at radius 1 is 1.36 bits per heavy atom. The standard InChI is InChI=1S/C17H13ClO4/c1-3-17(2)9-13(10-5-4-6-11(18)7-10)12(15(19)20)8-14(17)16(21)22/h1,4-9,14H,2H3,(H,19,20)(H,21,22). The van der Waals surface area contributed by atoms with Crippen LogP contribution in [0.5, 0.6) is 0 Å². The van der Waals surface area contributed by atoms with Crippen molar-refractivity contribution in [3.8, 4) is 12.3 Å². The summed E-state index contributed by atoms with van der Waals surface area (Å²) in [5.41, 5.74) is -0.274. The van der Waals surface area contributed by atoms with Crippen LogP contribution in [-0.4, -0.2) is 22.2 Å². The molecule has 0 bridgehead atoms. The van der Waals surface area contributed by atoms with Crippen molar-refractivity contribution in [1.29, 1.82) is 0 Å². The lowest BCUT2D eigenvalue weighted by Gasteiger charge is -2.31. The van der Waals surface area contributed by atoms with Crippen molar-refractivity contribution in [2.24, 2.45) is 11.3 Å². The number of hydrogen-bond donors (Lipinski definition) is 2. The SMILES string of the molecule is C#CC1(C)C=C(c2cccc(Cl)c2)C(C(=O)O)=CC1C(=O)O. The third-order valence-electron chi connectivity index (χ3n) is 3.66. The van der Waals surface area contributed by atoms with Gasteiger partial charge < -0.3 is 10.2 Å². The number of hydrogen-bond acceptors (Lipinski definition) is 2. The van der Waals surface area contributed by atoms with Crippen LogP contribution in [-0.2, 0) is 9.59 Å². The molecule has 0 aromatic heterocycles. The number of aliphatic carboxylic acids is 2. The number of carbonyl (C=O) groups is 2. The zero-order valence-corrected chi connectivity index (χ0v) is 12.5. The summed E-state index contributed by atoms with van der Waals surface area (Å²) < 4.78 is 0. The Morgan fingerprint density at radius 3 is 2.55 bits per heavy atom. The van der Waals surface area contributed by atoms with Crippen molar-refractivity contribution in [2.45, 2.75) is 6.92 Å². The average molecular weight is 317 g/mol. The maximum Gasteiger partial charge on any atom is 0.336 e. The second-order valence-corrected chi connectivity index (χ2v) is 5.63. The van der Waals surface area contributed by atoms with Crippen molar-refractivity contribution in [3.63, 3.8) is 0 Å². The molecule has 0 fully saturated rings. The molecule has 0 amide bonds. The van der Waals surface area contributed by atoms with E-state index in [-0.39, 0.29) is 5.57 Å². The van der Waals surface area contributed by atoms with E-state index in [1.54, 1.807) is 31.2 Å². The Hall–Kier alpha value is -2.51. The molecule has 0 heterocycles. The number of carboxylic acid groups (broad SMARTS) is 2. The lowest BCUT2D eigenvalue weighted by molar-refractivity contribution is -0.141. The molecule has 4 nitrogen and oxygen atoms in total. The van der Waals surface area contributed by atoms with Crippen LogP contribution in [0.4, 0.5) is 0 Å². The van der Waals surface area contributed by atoms with Crippen molar-refractivity contribution < 1.29 is 19.8 Å². The molecule has 5 heteroatoms. The summed E-state index contributed by atoms with van der Waals surface area (Å²) in [5.74, 6) is -1.02. The van der Waals surface area contributed by atoms with Crippen LogP contribution in [0.25, 0.3) is 5.57 Å². The van der Waals surface area contributed by atoms with Crippen LogP contribution in [0.2, 0.25) is 5.02 Å². The van der Waals surface area contributed by atoms with E-state index < -0.39 is 23.3 Å². The van der Waals surface area contributed by atoms with Crippen LogP contribution < -0.4 is 0 Å². The largest absolute Gasteiger partial charge is 0.481 e. The van der Waals surface area contributed by atoms with E-state index in [1.165, 1.54) is 12.2 Å². The van der Waals surface area contributed by atoms with Gasteiger partial charge in [0.25, 0.3) is 0 Å². The molecule has 2 unspecified atom stereocenters. The van der Waals surface area contributed by atoms with Gasteiger partial charge in [-0.1, -0.05) is 41.8 Å². The highest BCUT2D eigenvalue weighted by Crippen LogP contribution is 2.41. The topological polar surface area (TPSA) is 74.6 Å². The van der Waals surface area contributed by atoms with Gasteiger partial charge in [0, 0.05) is 5.02 Å². The Labute approximate surface area is 132 Å². The highest BCUT2D eigenvalue weighted by atomic mass is 35.5. The molecule has 1 aliphatic carbocycles. The molecule has 2 N–H and O–H groups in total. The molecule has 2 rings (SSSR count). The van der Waals surface area contributed by atoms with E-state index in [9.17, 15) is 19.8 Å². The summed E-state index contributed by atoms with van der Waals surface area (Å²) in [6.45, 7) is 1.59. The van der Waals surface area contributed by atoms with E-state index in [0.29, 0.717) is 16.2 Å². The van der Waals surface area contributed by atoms with Crippen molar-refractivity contribution in [3.05, 3.63) is 52.6 Å². The predicted octanol–water partition coefficient (Wildman–Crippen LogP) is 3.09. The Bertz CT molecular complexity index is 754. The number of carboxylic acids is 2. The Morgan fingerprint density at radius 2 is 2.05 bits per heavy atom. The van der Waals surface area contributed by atoms with E-state index >= 15 is 0 Å². The molecular weight excluding hydrogens is 304 g/mol. The molecule has 0 saturated carbocycles. The molecule has 2 atom stereocenters. The molecule has 1 aromatic carbocycles. The van der Waals surface area contributed by atoms with Gasteiger partial charge in [0.1, 0.15) is 0 Å². The fraction of sp³-hybridized carbons (Fsp3) is 0.176. The molecular formula is C17H13ClO4. The smallest absolute Gasteiger partial charge is 0.336 e. The minimum atomic E-state index is -1.21. The van der Waals surface area contributed by atoms with Crippen LogP contribution in [0.3, 0.4) is 0 Å². The van der Waals surface area contributed by atoms with Gasteiger partial charge in [-0.2, -0.15) is 0 Å². The first-order valence-corrected chi connectivity index (χ1v) is 6.81. The van der Waals surface area contributed by atoms with Gasteiger partial charge in [0.2, 0.25) is 0 Å². The first-order valence-electron chi connectivity index (χ1n) is 6.43. The van der Waals surface area contributed by atoms with Gasteiger partial charge in [-0.3, -0.25) is 4.79 Å². The van der Waals surface area contributed by atoms with Crippen LogP contribution >= 0.6 is 11.6 Å². The first kappa shape index (κ1) is 15.9. The van der Waals surface area contributed by atoms with E-state index in [4.69, 9.17) is 18.0 Å². The molecule has 22 heavy (non-hydrogen) atoms. The normalized spacial score (nSPS) is 24.0. The molecule has 112 valence electrons. The van der Waals surface area contributed by atoms with Gasteiger partial charge in [-0.25, -0.2) is 4.79 Å². The second kappa shape index (κ2) is 5.70. The highest BCUT2D eigenvalue weighted by Gasteiger charge is 2.40. The molecule has 0 spiro atoms. The van der Waals surface area contributed by atoms with Gasteiger partial charge in [-0.15, -0.1) is 6.42 Å². The number of halogens is 1. The van der Waals surface area contributed by atoms with E-state index in [1.807, 2.05) is 0 Å². The fourth-order valence-electron chi connectivity index (χ4n) is 2.44. The third-order valence-corrected chi connectivity index (χ3v) is 3.89. The maximum absolute atomic E-state index is 11.5.